The number of hydrogen-bond donors (Lipinski definition) is 4. The number of rotatable bonds is 7. The van der Waals surface area contributed by atoms with Crippen molar-refractivity contribution >= 4 is 5.96 Å². The molecule has 0 atom stereocenters. The second kappa shape index (κ2) is 8.19. The van der Waals surface area contributed by atoms with E-state index in [-0.39, 0.29) is 0 Å². The number of nitrogens with zero attached hydrogens (tertiary/aromatic N) is 1. The van der Waals surface area contributed by atoms with E-state index in [1.807, 2.05) is 55.5 Å². The highest BCUT2D eigenvalue weighted by atomic mass is 16.5. The van der Waals surface area contributed by atoms with Gasteiger partial charge < -0.3 is 9.47 Å². The van der Waals surface area contributed by atoms with E-state index in [1.165, 1.54) is 0 Å². The highest BCUT2D eigenvalue weighted by Gasteiger charge is 2.12. The number of benzene rings is 2. The Morgan fingerprint density at radius 1 is 0.917 bits per heavy atom. The van der Waals surface area contributed by atoms with E-state index in [2.05, 4.69) is 26.9 Å². The summed E-state index contributed by atoms with van der Waals surface area (Å²) in [6.07, 6.45) is 0. The second-order valence-corrected chi connectivity index (χ2v) is 5.12. The molecule has 24 heavy (non-hydrogen) atoms. The smallest absolute Gasteiger partial charge is 0.223 e. The monoisotopic (exact) mass is 327 g/mol. The third-order valence-electron chi connectivity index (χ3n) is 3.42. The Bertz CT molecular complexity index is 683. The number of ether oxygens (including phenoxy) is 2. The minimum absolute atomic E-state index is 0.462. The van der Waals surface area contributed by atoms with Crippen LogP contribution in [0.4, 0.5) is 0 Å². The molecule has 0 saturated carbocycles. The third kappa shape index (κ3) is 4.15. The topological polar surface area (TPSA) is 78.9 Å². The van der Waals surface area contributed by atoms with Gasteiger partial charge >= 0.3 is 0 Å². The summed E-state index contributed by atoms with van der Waals surface area (Å²) in [7, 11) is 0. The van der Waals surface area contributed by atoms with Gasteiger partial charge in [-0.15, -0.1) is 0 Å². The average molecular weight is 327 g/mol. The average Bonchev–Trinajstić information content (AvgIpc) is 3.14. The number of aliphatic imine (C=N–C) groups is 1. The zero-order chi connectivity index (χ0) is 16.6. The molecule has 126 valence electrons. The lowest BCUT2D eigenvalue weighted by Gasteiger charge is -2.15. The number of guanidine groups is 1. The second-order valence-electron chi connectivity index (χ2n) is 5.12. The van der Waals surface area contributed by atoms with Crippen molar-refractivity contribution in [3.05, 3.63) is 59.7 Å². The van der Waals surface area contributed by atoms with Crippen LogP contribution in [0.2, 0.25) is 0 Å². The summed E-state index contributed by atoms with van der Waals surface area (Å²) in [4.78, 5) is 4.44. The standard InChI is InChI=1S/C17H21N5O2/c1-2-23-15-10-6-9-14(11-18-17-19-21-22-20-17)16(15)24-12-13-7-4-3-5-8-13/h3-10,21-22H,2,11-12H2,1H3,(H2,18,19,20). The highest BCUT2D eigenvalue weighted by Crippen LogP contribution is 2.32. The molecule has 0 radical (unpaired) electrons. The van der Waals surface area contributed by atoms with E-state index in [0.717, 1.165) is 22.6 Å². The van der Waals surface area contributed by atoms with Crippen LogP contribution in [-0.4, -0.2) is 12.6 Å². The van der Waals surface area contributed by atoms with Gasteiger partial charge in [0.25, 0.3) is 0 Å². The quantitative estimate of drug-likeness (QED) is 0.619. The first-order valence-electron chi connectivity index (χ1n) is 7.84. The van der Waals surface area contributed by atoms with Crippen LogP contribution in [0.15, 0.2) is 53.5 Å². The van der Waals surface area contributed by atoms with Crippen LogP contribution >= 0.6 is 0 Å². The van der Waals surface area contributed by atoms with Crippen molar-refractivity contribution in [2.45, 2.75) is 20.1 Å². The Morgan fingerprint density at radius 3 is 2.46 bits per heavy atom. The summed E-state index contributed by atoms with van der Waals surface area (Å²) in [5.74, 6) is 2.08. The molecule has 7 heteroatoms. The molecule has 3 rings (SSSR count). The Balaban J connectivity index is 1.78. The van der Waals surface area contributed by atoms with E-state index in [9.17, 15) is 0 Å². The summed E-state index contributed by atoms with van der Waals surface area (Å²) < 4.78 is 11.8. The van der Waals surface area contributed by atoms with Crippen molar-refractivity contribution in [2.24, 2.45) is 4.99 Å². The molecular formula is C17H21N5O2. The lowest BCUT2D eigenvalue weighted by molar-refractivity contribution is 0.267. The van der Waals surface area contributed by atoms with Gasteiger partial charge in [-0.3, -0.25) is 10.9 Å². The summed E-state index contributed by atoms with van der Waals surface area (Å²) in [5.41, 5.74) is 13.2. The fourth-order valence-corrected chi connectivity index (χ4v) is 2.30. The van der Waals surface area contributed by atoms with Crippen LogP contribution in [0, 0.1) is 0 Å². The lowest BCUT2D eigenvalue weighted by atomic mass is 10.2. The molecule has 0 aromatic heterocycles. The summed E-state index contributed by atoms with van der Waals surface area (Å²) in [6.45, 7) is 3.48. The predicted molar refractivity (Wildman–Crippen MR) is 92.1 cm³/mol. The van der Waals surface area contributed by atoms with Crippen LogP contribution in [0.1, 0.15) is 18.1 Å². The van der Waals surface area contributed by atoms with Crippen molar-refractivity contribution in [3.8, 4) is 11.5 Å². The Labute approximate surface area is 141 Å². The molecule has 1 aliphatic heterocycles. The zero-order valence-electron chi connectivity index (χ0n) is 13.5. The number of hydrazine groups is 3. The minimum Gasteiger partial charge on any atom is -0.490 e. The molecule has 1 aliphatic rings. The SMILES string of the molecule is CCOc1cccc(CN=C2NNNN2)c1OCc1ccccc1. The highest BCUT2D eigenvalue weighted by molar-refractivity contribution is 5.79. The molecule has 0 amide bonds. The van der Waals surface area contributed by atoms with Crippen LogP contribution in [0.5, 0.6) is 11.5 Å². The molecule has 2 aromatic carbocycles. The minimum atomic E-state index is 0.462. The lowest BCUT2D eigenvalue weighted by Crippen LogP contribution is -2.33. The molecule has 1 heterocycles. The first kappa shape index (κ1) is 16.1. The molecule has 0 spiro atoms. The van der Waals surface area contributed by atoms with E-state index < -0.39 is 0 Å². The number of hydrogen-bond acceptors (Lipinski definition) is 5. The van der Waals surface area contributed by atoms with Gasteiger partial charge in [0.15, 0.2) is 11.5 Å². The molecule has 0 aliphatic carbocycles. The van der Waals surface area contributed by atoms with Crippen LogP contribution in [0.25, 0.3) is 0 Å². The summed E-state index contributed by atoms with van der Waals surface area (Å²) >= 11 is 0. The van der Waals surface area contributed by atoms with Gasteiger partial charge in [-0.05, 0) is 18.6 Å². The van der Waals surface area contributed by atoms with Gasteiger partial charge in [-0.25, -0.2) is 4.99 Å². The van der Waals surface area contributed by atoms with Gasteiger partial charge in [0.1, 0.15) is 6.61 Å². The summed E-state index contributed by atoms with van der Waals surface area (Å²) in [5, 5.41) is 0. The normalized spacial score (nSPS) is 13.1. The van der Waals surface area contributed by atoms with E-state index >= 15 is 0 Å². The maximum absolute atomic E-state index is 6.06. The Hall–Kier alpha value is -2.77. The molecule has 1 fully saturated rings. The Kier molecular flexibility index (Phi) is 5.49. The van der Waals surface area contributed by atoms with Crippen LogP contribution < -0.4 is 31.4 Å². The first-order valence-corrected chi connectivity index (χ1v) is 7.84. The third-order valence-corrected chi connectivity index (χ3v) is 3.42. The number of nitrogens with one attached hydrogen (secondary N) is 4. The molecular weight excluding hydrogens is 306 g/mol. The molecule has 1 saturated heterocycles. The maximum atomic E-state index is 6.06. The fourth-order valence-electron chi connectivity index (χ4n) is 2.30. The van der Waals surface area contributed by atoms with Crippen LogP contribution in [-0.2, 0) is 13.2 Å². The molecule has 2 aromatic rings. The largest absolute Gasteiger partial charge is 0.490 e. The van der Waals surface area contributed by atoms with Crippen LogP contribution in [0.3, 0.4) is 0 Å². The molecule has 4 N–H and O–H groups in total. The van der Waals surface area contributed by atoms with E-state index in [0.29, 0.717) is 25.7 Å². The molecule has 7 nitrogen and oxygen atoms in total. The predicted octanol–water partition coefficient (Wildman–Crippen LogP) is 1.64. The summed E-state index contributed by atoms with van der Waals surface area (Å²) in [6, 6.07) is 15.9. The van der Waals surface area contributed by atoms with Gasteiger partial charge in [0.2, 0.25) is 5.96 Å². The maximum Gasteiger partial charge on any atom is 0.223 e. The zero-order valence-corrected chi connectivity index (χ0v) is 13.5. The molecule has 0 bridgehead atoms. The van der Waals surface area contributed by atoms with E-state index in [1.54, 1.807) is 0 Å². The Morgan fingerprint density at radius 2 is 1.71 bits per heavy atom. The number of para-hydroxylation sites is 1. The van der Waals surface area contributed by atoms with Gasteiger partial charge in [0, 0.05) is 5.56 Å². The van der Waals surface area contributed by atoms with Crippen molar-refractivity contribution in [3.63, 3.8) is 0 Å². The fraction of sp³-hybridized carbons (Fsp3) is 0.235. The van der Waals surface area contributed by atoms with Gasteiger partial charge in [-0.2, -0.15) is 11.1 Å². The van der Waals surface area contributed by atoms with Crippen molar-refractivity contribution in [1.82, 2.24) is 21.9 Å². The van der Waals surface area contributed by atoms with Gasteiger partial charge in [0.05, 0.1) is 13.2 Å². The van der Waals surface area contributed by atoms with E-state index in [4.69, 9.17) is 9.47 Å². The first-order chi connectivity index (χ1) is 11.9. The molecule has 0 unspecified atom stereocenters. The van der Waals surface area contributed by atoms with Gasteiger partial charge in [-0.1, -0.05) is 42.5 Å². The van der Waals surface area contributed by atoms with Crippen molar-refractivity contribution in [1.29, 1.82) is 0 Å². The van der Waals surface area contributed by atoms with Crippen molar-refractivity contribution in [2.75, 3.05) is 6.61 Å². The van der Waals surface area contributed by atoms with Crippen molar-refractivity contribution < 1.29 is 9.47 Å².